The van der Waals surface area contributed by atoms with Gasteiger partial charge in [0.1, 0.15) is 17.0 Å². The minimum absolute atomic E-state index is 0.0661. The Morgan fingerprint density at radius 3 is 2.08 bits per heavy atom. The molecule has 0 spiro atoms. The number of alkyl halides is 3. The van der Waals surface area contributed by atoms with E-state index in [1.807, 2.05) is 0 Å². The minimum atomic E-state index is -1.80. The van der Waals surface area contributed by atoms with E-state index in [9.17, 15) is 18.0 Å². The number of amides is 1. The van der Waals surface area contributed by atoms with Gasteiger partial charge >= 0.3 is 0 Å². The largest absolute Gasteiger partial charge is 0.351 e. The van der Waals surface area contributed by atoms with E-state index < -0.39 is 28.3 Å². The second-order valence-corrected chi connectivity index (χ2v) is 9.97. The first-order valence-corrected chi connectivity index (χ1v) is 9.79. The first kappa shape index (κ1) is 17.9. The van der Waals surface area contributed by atoms with Gasteiger partial charge in [0.15, 0.2) is 0 Å². The molecular formula is C18H18ClF3INO. The summed E-state index contributed by atoms with van der Waals surface area (Å²) in [6.07, 6.45) is -0.328. The average Bonchev–Trinajstić information content (AvgIpc) is 2.42. The Morgan fingerprint density at radius 1 is 1.04 bits per heavy atom. The molecule has 5 rings (SSSR count). The van der Waals surface area contributed by atoms with Gasteiger partial charge in [-0.3, -0.25) is 4.79 Å². The van der Waals surface area contributed by atoms with Crippen molar-refractivity contribution in [3.63, 3.8) is 0 Å². The fourth-order valence-electron chi connectivity index (χ4n) is 5.69. The molecule has 0 aliphatic heterocycles. The number of rotatable bonds is 3. The molecule has 0 heterocycles. The predicted octanol–water partition coefficient (Wildman–Crippen LogP) is 5.17. The summed E-state index contributed by atoms with van der Waals surface area (Å²) in [5.41, 5.74) is -5.95. The molecule has 7 heteroatoms. The minimum Gasteiger partial charge on any atom is -0.351 e. The van der Waals surface area contributed by atoms with Gasteiger partial charge in [0.05, 0.1) is 10.6 Å². The molecule has 0 radical (unpaired) electrons. The van der Waals surface area contributed by atoms with E-state index in [-0.39, 0.29) is 45.1 Å². The van der Waals surface area contributed by atoms with Crippen molar-refractivity contribution in [1.82, 2.24) is 5.32 Å². The van der Waals surface area contributed by atoms with Gasteiger partial charge in [0.2, 0.25) is 0 Å². The molecule has 0 atom stereocenters. The highest BCUT2D eigenvalue weighted by molar-refractivity contribution is 14.1. The highest BCUT2D eigenvalue weighted by Crippen LogP contribution is 2.67. The Kier molecular flexibility index (Phi) is 3.94. The number of benzene rings is 1. The van der Waals surface area contributed by atoms with Crippen LogP contribution in [-0.2, 0) is 0 Å². The van der Waals surface area contributed by atoms with Gasteiger partial charge in [-0.05, 0) is 65.5 Å². The molecule has 0 aromatic heterocycles. The lowest BCUT2D eigenvalue weighted by atomic mass is 9.46. The Hall–Kier alpha value is -0.500. The zero-order chi connectivity index (χ0) is 18.1. The number of carbonyl (C=O) groups is 1. The van der Waals surface area contributed by atoms with E-state index in [0.29, 0.717) is 10.6 Å². The second kappa shape index (κ2) is 5.50. The molecule has 4 aliphatic rings. The maximum atomic E-state index is 15.0. The highest BCUT2D eigenvalue weighted by Gasteiger charge is 2.70. The van der Waals surface area contributed by atoms with E-state index in [4.69, 9.17) is 11.6 Å². The lowest BCUT2D eigenvalue weighted by Crippen LogP contribution is -2.67. The molecule has 1 aromatic carbocycles. The van der Waals surface area contributed by atoms with Crippen molar-refractivity contribution in [1.29, 1.82) is 0 Å². The summed E-state index contributed by atoms with van der Waals surface area (Å²) >= 11 is 8.14. The standard InChI is InChI=1S/C18H18ClF3INO/c19-13-2-1-11(23)3-12(13)14(25)24-10-15-4-16(20)7-17(21,5-15)9-18(22,6-15)8-16/h1-3H,4-10H2,(H,24,25). The summed E-state index contributed by atoms with van der Waals surface area (Å²) in [4.78, 5) is 12.5. The molecule has 4 saturated carbocycles. The van der Waals surface area contributed by atoms with Crippen molar-refractivity contribution in [2.45, 2.75) is 55.5 Å². The third-order valence-corrected chi connectivity index (χ3v) is 6.77. The highest BCUT2D eigenvalue weighted by atomic mass is 127. The van der Waals surface area contributed by atoms with E-state index in [1.54, 1.807) is 18.2 Å². The molecule has 4 aliphatic carbocycles. The van der Waals surface area contributed by atoms with Gasteiger partial charge in [0.25, 0.3) is 5.91 Å². The third-order valence-electron chi connectivity index (χ3n) is 5.77. The Bertz CT molecular complexity index is 704. The fraction of sp³-hybridized carbons (Fsp3) is 0.611. The van der Waals surface area contributed by atoms with Crippen molar-refractivity contribution in [3.8, 4) is 0 Å². The lowest BCUT2D eigenvalue weighted by Gasteiger charge is -2.63. The van der Waals surface area contributed by atoms with E-state index in [0.717, 1.165) is 3.57 Å². The number of nitrogens with one attached hydrogen (secondary N) is 1. The van der Waals surface area contributed by atoms with Gasteiger partial charge in [-0.1, -0.05) is 11.6 Å². The molecule has 136 valence electrons. The number of hydrogen-bond donors (Lipinski definition) is 1. The van der Waals surface area contributed by atoms with Crippen molar-refractivity contribution in [2.24, 2.45) is 5.41 Å². The van der Waals surface area contributed by atoms with Crippen LogP contribution in [-0.4, -0.2) is 29.5 Å². The van der Waals surface area contributed by atoms with Crippen molar-refractivity contribution in [3.05, 3.63) is 32.4 Å². The number of carbonyl (C=O) groups excluding carboxylic acids is 1. The predicted molar refractivity (Wildman–Crippen MR) is 98.2 cm³/mol. The molecule has 1 aromatic rings. The Labute approximate surface area is 163 Å². The van der Waals surface area contributed by atoms with Crippen LogP contribution in [0.25, 0.3) is 0 Å². The van der Waals surface area contributed by atoms with Crippen molar-refractivity contribution < 1.29 is 18.0 Å². The molecule has 4 bridgehead atoms. The quantitative estimate of drug-likeness (QED) is 0.591. The Morgan fingerprint density at radius 2 is 1.56 bits per heavy atom. The first-order valence-electron chi connectivity index (χ1n) is 8.34. The first-order chi connectivity index (χ1) is 11.5. The van der Waals surface area contributed by atoms with Crippen LogP contribution in [0.3, 0.4) is 0 Å². The van der Waals surface area contributed by atoms with E-state index in [1.165, 1.54) is 0 Å². The number of hydrogen-bond acceptors (Lipinski definition) is 1. The monoisotopic (exact) mass is 483 g/mol. The van der Waals surface area contributed by atoms with Crippen LogP contribution in [0.15, 0.2) is 18.2 Å². The van der Waals surface area contributed by atoms with Crippen LogP contribution in [0.2, 0.25) is 5.02 Å². The van der Waals surface area contributed by atoms with Gasteiger partial charge in [0, 0.05) is 29.4 Å². The summed E-state index contributed by atoms with van der Waals surface area (Å²) < 4.78 is 45.8. The zero-order valence-electron chi connectivity index (χ0n) is 13.5. The van der Waals surface area contributed by atoms with Crippen LogP contribution in [0, 0.1) is 8.99 Å². The topological polar surface area (TPSA) is 29.1 Å². The van der Waals surface area contributed by atoms with Crippen LogP contribution in [0.4, 0.5) is 13.2 Å². The Balaban J connectivity index is 1.55. The van der Waals surface area contributed by atoms with E-state index >= 15 is 0 Å². The van der Waals surface area contributed by atoms with Crippen molar-refractivity contribution >= 4 is 40.1 Å². The summed E-state index contributed by atoms with van der Waals surface area (Å²) in [5.74, 6) is -0.395. The smallest absolute Gasteiger partial charge is 0.252 e. The third kappa shape index (κ3) is 3.17. The maximum Gasteiger partial charge on any atom is 0.252 e. The molecule has 0 unspecified atom stereocenters. The van der Waals surface area contributed by atoms with Crippen LogP contribution >= 0.6 is 34.2 Å². The molecular weight excluding hydrogens is 466 g/mol. The molecule has 0 saturated heterocycles. The van der Waals surface area contributed by atoms with Crippen molar-refractivity contribution in [2.75, 3.05) is 6.54 Å². The molecule has 25 heavy (non-hydrogen) atoms. The second-order valence-electron chi connectivity index (χ2n) is 8.32. The number of halogens is 5. The SMILES string of the molecule is O=C(NCC12CC3(F)CC(F)(CC(F)(C3)C1)C2)c1cc(I)ccc1Cl. The summed E-state index contributed by atoms with van der Waals surface area (Å²) in [6, 6.07) is 5.07. The van der Waals surface area contributed by atoms with E-state index in [2.05, 4.69) is 27.9 Å². The van der Waals surface area contributed by atoms with Gasteiger partial charge in [-0.25, -0.2) is 13.2 Å². The van der Waals surface area contributed by atoms with Gasteiger partial charge in [-0.2, -0.15) is 0 Å². The summed E-state index contributed by atoms with van der Waals surface area (Å²) in [5, 5.41) is 3.06. The fourth-order valence-corrected chi connectivity index (χ4v) is 6.39. The van der Waals surface area contributed by atoms with Crippen LogP contribution in [0.1, 0.15) is 48.9 Å². The maximum absolute atomic E-state index is 15.0. The van der Waals surface area contributed by atoms with Gasteiger partial charge < -0.3 is 5.32 Å². The lowest BCUT2D eigenvalue weighted by molar-refractivity contribution is -0.214. The van der Waals surface area contributed by atoms with Crippen LogP contribution in [0.5, 0.6) is 0 Å². The molecule has 4 fully saturated rings. The summed E-state index contributed by atoms with van der Waals surface area (Å²) in [6.45, 7) is 0.0661. The molecule has 1 N–H and O–H groups in total. The average molecular weight is 484 g/mol. The zero-order valence-corrected chi connectivity index (χ0v) is 16.4. The summed E-state index contributed by atoms with van der Waals surface area (Å²) in [7, 11) is 0. The normalized spacial score (nSPS) is 41.8. The van der Waals surface area contributed by atoms with Gasteiger partial charge in [-0.15, -0.1) is 0 Å². The molecule has 2 nitrogen and oxygen atoms in total. The van der Waals surface area contributed by atoms with Crippen LogP contribution < -0.4 is 5.32 Å². The molecule has 1 amide bonds.